The summed E-state index contributed by atoms with van der Waals surface area (Å²) in [5, 5.41) is 9.55. The number of Topliss-reactive ketones (excluding diaryl/α,β-unsaturated/α-hetero) is 1. The third-order valence-electron chi connectivity index (χ3n) is 7.67. The summed E-state index contributed by atoms with van der Waals surface area (Å²) in [4.78, 5) is 36.1. The van der Waals surface area contributed by atoms with Gasteiger partial charge in [-0.1, -0.05) is 39.3 Å². The van der Waals surface area contributed by atoms with Gasteiger partial charge >= 0.3 is 0 Å². The first kappa shape index (κ1) is 19.7. The molecule has 0 aromatic heterocycles. The first-order chi connectivity index (χ1) is 12.6. The molecule has 3 aliphatic carbocycles. The Morgan fingerprint density at radius 3 is 2.59 bits per heavy atom. The standard InChI is InChI=1S/C23H29NO3/c1-21(2)18-8-9-22(3)16(7-5-6-10-25)11-17(26)12-19(22)23(18,4)13-15(14-24)20(21)27/h10,12-13,16,18H,5-9,11H2,1-4H3/t16-,18+,22?,23?/m1/s1. The molecule has 3 rings (SSSR count). The summed E-state index contributed by atoms with van der Waals surface area (Å²) in [6, 6.07) is 2.10. The van der Waals surface area contributed by atoms with E-state index < -0.39 is 10.8 Å². The normalized spacial score (nSPS) is 37.4. The second kappa shape index (κ2) is 6.55. The summed E-state index contributed by atoms with van der Waals surface area (Å²) in [5.74, 6) is 0.335. The van der Waals surface area contributed by atoms with Gasteiger partial charge in [-0.15, -0.1) is 0 Å². The van der Waals surface area contributed by atoms with Crippen LogP contribution < -0.4 is 0 Å². The zero-order valence-electron chi connectivity index (χ0n) is 16.8. The Balaban J connectivity index is 2.11. The van der Waals surface area contributed by atoms with E-state index in [9.17, 15) is 19.6 Å². The Morgan fingerprint density at radius 2 is 1.96 bits per heavy atom. The summed E-state index contributed by atoms with van der Waals surface area (Å²) in [5.41, 5.74) is 0.0974. The van der Waals surface area contributed by atoms with Crippen molar-refractivity contribution in [2.45, 2.75) is 66.2 Å². The Labute approximate surface area is 161 Å². The highest BCUT2D eigenvalue weighted by Gasteiger charge is 2.60. The average Bonchev–Trinajstić information content (AvgIpc) is 2.60. The van der Waals surface area contributed by atoms with Crippen molar-refractivity contribution in [1.29, 1.82) is 5.26 Å². The number of carbonyl (C=O) groups is 3. The zero-order chi connectivity index (χ0) is 20.0. The van der Waals surface area contributed by atoms with E-state index in [2.05, 4.69) is 19.9 Å². The van der Waals surface area contributed by atoms with Crippen LogP contribution in [0.15, 0.2) is 23.3 Å². The van der Waals surface area contributed by atoms with Gasteiger partial charge in [0.05, 0.1) is 5.57 Å². The minimum Gasteiger partial charge on any atom is -0.303 e. The van der Waals surface area contributed by atoms with Crippen molar-refractivity contribution in [3.05, 3.63) is 23.3 Å². The number of fused-ring (bicyclic) bond motifs is 3. The smallest absolute Gasteiger partial charge is 0.178 e. The van der Waals surface area contributed by atoms with Crippen LogP contribution in [0.5, 0.6) is 0 Å². The Morgan fingerprint density at radius 1 is 1.26 bits per heavy atom. The lowest BCUT2D eigenvalue weighted by Gasteiger charge is -2.59. The van der Waals surface area contributed by atoms with Crippen LogP contribution in [-0.2, 0) is 14.4 Å². The van der Waals surface area contributed by atoms with Crippen LogP contribution in [0, 0.1) is 39.4 Å². The van der Waals surface area contributed by atoms with Crippen molar-refractivity contribution in [1.82, 2.24) is 0 Å². The number of carbonyl (C=O) groups excluding carboxylic acids is 3. The molecule has 0 aromatic rings. The highest BCUT2D eigenvalue weighted by Crippen LogP contribution is 2.65. The summed E-state index contributed by atoms with van der Waals surface area (Å²) in [7, 11) is 0. The van der Waals surface area contributed by atoms with Crippen molar-refractivity contribution in [3.63, 3.8) is 0 Å². The van der Waals surface area contributed by atoms with Gasteiger partial charge in [-0.3, -0.25) is 9.59 Å². The van der Waals surface area contributed by atoms with Gasteiger partial charge in [-0.05, 0) is 49.0 Å². The van der Waals surface area contributed by atoms with Gasteiger partial charge in [-0.25, -0.2) is 0 Å². The molecule has 27 heavy (non-hydrogen) atoms. The molecule has 0 aliphatic heterocycles. The van der Waals surface area contributed by atoms with Gasteiger partial charge in [0.2, 0.25) is 0 Å². The van der Waals surface area contributed by atoms with Gasteiger partial charge < -0.3 is 4.79 Å². The Bertz CT molecular complexity index is 797. The molecule has 0 saturated heterocycles. The SMILES string of the molecule is CC1(C)C(=O)C(C#N)=CC2(C)C3=CC(=O)C[C@@H](CCCC=O)C3(C)CC[C@@H]12. The number of hydrogen-bond donors (Lipinski definition) is 0. The Kier molecular flexibility index (Phi) is 4.78. The molecule has 0 bridgehead atoms. The number of aldehydes is 1. The molecule has 0 N–H and O–H groups in total. The number of nitriles is 1. The number of unbranched alkanes of at least 4 members (excludes halogenated alkanes) is 1. The van der Waals surface area contributed by atoms with Gasteiger partial charge in [0.25, 0.3) is 0 Å². The third-order valence-corrected chi connectivity index (χ3v) is 7.67. The maximum atomic E-state index is 12.8. The fourth-order valence-electron chi connectivity index (χ4n) is 6.22. The fraction of sp³-hybridized carbons (Fsp3) is 0.652. The van der Waals surface area contributed by atoms with E-state index in [0.29, 0.717) is 12.8 Å². The Hall–Kier alpha value is -2.02. The van der Waals surface area contributed by atoms with Crippen LogP contribution in [0.1, 0.15) is 66.2 Å². The van der Waals surface area contributed by atoms with Crippen molar-refractivity contribution in [2.24, 2.45) is 28.1 Å². The van der Waals surface area contributed by atoms with Crippen LogP contribution in [0.25, 0.3) is 0 Å². The average molecular weight is 367 g/mol. The van der Waals surface area contributed by atoms with E-state index >= 15 is 0 Å². The maximum absolute atomic E-state index is 12.8. The topological polar surface area (TPSA) is 75.0 Å². The molecule has 0 spiro atoms. The monoisotopic (exact) mass is 367 g/mol. The van der Waals surface area contributed by atoms with Gasteiger partial charge in [-0.2, -0.15) is 5.26 Å². The second-order valence-electron chi connectivity index (χ2n) is 9.53. The van der Waals surface area contributed by atoms with Crippen molar-refractivity contribution in [2.75, 3.05) is 0 Å². The first-order valence-corrected chi connectivity index (χ1v) is 9.98. The van der Waals surface area contributed by atoms with Crippen LogP contribution in [0.4, 0.5) is 0 Å². The lowest BCUT2D eigenvalue weighted by Crippen LogP contribution is -2.55. The summed E-state index contributed by atoms with van der Waals surface area (Å²) >= 11 is 0. The molecular weight excluding hydrogens is 338 g/mol. The molecular formula is C23H29NO3. The highest BCUT2D eigenvalue weighted by molar-refractivity contribution is 6.04. The molecule has 4 atom stereocenters. The summed E-state index contributed by atoms with van der Waals surface area (Å²) < 4.78 is 0. The highest BCUT2D eigenvalue weighted by atomic mass is 16.1. The fourth-order valence-corrected chi connectivity index (χ4v) is 6.22. The number of hydrogen-bond acceptors (Lipinski definition) is 4. The van der Waals surface area contributed by atoms with Crippen molar-refractivity contribution in [3.8, 4) is 6.07 Å². The molecule has 0 heterocycles. The predicted octanol–water partition coefficient (Wildman–Crippen LogP) is 4.35. The number of allylic oxidation sites excluding steroid dienone is 4. The lowest BCUT2D eigenvalue weighted by molar-refractivity contribution is -0.131. The van der Waals surface area contributed by atoms with E-state index in [4.69, 9.17) is 0 Å². The third kappa shape index (κ3) is 2.83. The molecule has 0 radical (unpaired) electrons. The lowest BCUT2D eigenvalue weighted by atomic mass is 9.43. The quantitative estimate of drug-likeness (QED) is 0.547. The van der Waals surface area contributed by atoms with E-state index in [0.717, 1.165) is 37.5 Å². The number of rotatable bonds is 4. The predicted molar refractivity (Wildman–Crippen MR) is 103 cm³/mol. The van der Waals surface area contributed by atoms with Crippen LogP contribution >= 0.6 is 0 Å². The van der Waals surface area contributed by atoms with Gasteiger partial charge in [0, 0.05) is 23.7 Å². The molecule has 2 unspecified atom stereocenters. The second-order valence-corrected chi connectivity index (χ2v) is 9.53. The molecule has 3 aliphatic rings. The van der Waals surface area contributed by atoms with Crippen LogP contribution in [0.3, 0.4) is 0 Å². The first-order valence-electron chi connectivity index (χ1n) is 9.98. The zero-order valence-corrected chi connectivity index (χ0v) is 16.8. The largest absolute Gasteiger partial charge is 0.303 e. The van der Waals surface area contributed by atoms with Crippen molar-refractivity contribution >= 4 is 17.9 Å². The molecule has 144 valence electrons. The molecule has 4 nitrogen and oxygen atoms in total. The maximum Gasteiger partial charge on any atom is 0.178 e. The number of nitrogens with zero attached hydrogens (tertiary/aromatic N) is 1. The van der Waals surface area contributed by atoms with Gasteiger partial charge in [0.15, 0.2) is 11.6 Å². The van der Waals surface area contributed by atoms with Gasteiger partial charge in [0.1, 0.15) is 12.4 Å². The molecule has 1 saturated carbocycles. The van der Waals surface area contributed by atoms with E-state index in [-0.39, 0.29) is 34.4 Å². The number of ketones is 2. The van der Waals surface area contributed by atoms with E-state index in [1.165, 1.54) is 0 Å². The van der Waals surface area contributed by atoms with Crippen molar-refractivity contribution < 1.29 is 14.4 Å². The van der Waals surface area contributed by atoms with E-state index in [1.54, 1.807) is 6.08 Å². The molecule has 0 amide bonds. The van der Waals surface area contributed by atoms with Crippen LogP contribution in [0.2, 0.25) is 0 Å². The summed E-state index contributed by atoms with van der Waals surface area (Å²) in [6.45, 7) is 8.23. The minimum atomic E-state index is -0.621. The minimum absolute atomic E-state index is 0.0791. The summed E-state index contributed by atoms with van der Waals surface area (Å²) in [6.07, 6.45) is 9.14. The van der Waals surface area contributed by atoms with Crippen LogP contribution in [-0.4, -0.2) is 17.9 Å². The molecule has 0 aromatic carbocycles. The van der Waals surface area contributed by atoms with E-state index in [1.807, 2.05) is 19.9 Å². The molecule has 1 fully saturated rings. The molecule has 4 heteroatoms.